The fraction of sp³-hybridized carbons (Fsp3) is 0.0833. The van der Waals surface area contributed by atoms with Crippen molar-refractivity contribution in [3.8, 4) is 6.07 Å². The topological polar surface area (TPSA) is 87.4 Å². The summed E-state index contributed by atoms with van der Waals surface area (Å²) in [6.07, 6.45) is 0.771. The van der Waals surface area contributed by atoms with Crippen LogP contribution >= 0.6 is 0 Å². The quantitative estimate of drug-likeness (QED) is 0.365. The average molecular weight is 231 g/mol. The van der Waals surface area contributed by atoms with Crippen molar-refractivity contribution in [3.63, 3.8) is 0 Å². The van der Waals surface area contributed by atoms with Crippen LogP contribution in [0.1, 0.15) is 11.1 Å². The molecule has 0 bridgehead atoms. The third-order valence-electron chi connectivity index (χ3n) is 1.96. The summed E-state index contributed by atoms with van der Waals surface area (Å²) in [6.45, 7) is 0. The molecule has 17 heavy (non-hydrogen) atoms. The molecule has 0 aliphatic rings. The molecule has 0 aliphatic heterocycles. The highest BCUT2D eigenvalue weighted by atomic mass is 16.5. The maximum absolute atomic E-state index is 11.1. The molecule has 0 saturated carbocycles. The monoisotopic (exact) mass is 231 g/mol. The number of methoxy groups -OCH3 is 1. The van der Waals surface area contributed by atoms with Crippen LogP contribution in [0.5, 0.6) is 0 Å². The maximum Gasteiger partial charge on any atom is 0.378 e. The maximum atomic E-state index is 11.1. The first-order chi connectivity index (χ1) is 8.08. The molecule has 86 valence electrons. The molecule has 0 unspecified atom stereocenters. The number of hydrogen-bond donors (Lipinski definition) is 1. The molecular formula is C12H9NO4. The number of aliphatic hydroxyl groups excluding tert-OH is 1. The number of benzene rings is 1. The van der Waals surface area contributed by atoms with Crippen LogP contribution in [0, 0.1) is 11.3 Å². The van der Waals surface area contributed by atoms with Crippen molar-refractivity contribution in [2.45, 2.75) is 0 Å². The van der Waals surface area contributed by atoms with Gasteiger partial charge in [-0.1, -0.05) is 0 Å². The van der Waals surface area contributed by atoms with Gasteiger partial charge in [0.15, 0.2) is 0 Å². The molecule has 0 atom stereocenters. The molecule has 0 fully saturated rings. The molecule has 0 aromatic heterocycles. The normalized spacial score (nSPS) is 10.5. The molecule has 5 heteroatoms. The lowest BCUT2D eigenvalue weighted by atomic mass is 10.1. The lowest BCUT2D eigenvalue weighted by molar-refractivity contribution is -0.149. The summed E-state index contributed by atoms with van der Waals surface area (Å²) in [6, 6.07) is 7.83. The molecule has 1 aromatic rings. The van der Waals surface area contributed by atoms with Gasteiger partial charge in [-0.25, -0.2) is 4.79 Å². The highest BCUT2D eigenvalue weighted by Crippen LogP contribution is 2.12. The number of aliphatic hydroxyl groups is 1. The van der Waals surface area contributed by atoms with E-state index >= 15 is 0 Å². The lowest BCUT2D eigenvalue weighted by Crippen LogP contribution is -2.13. The predicted octanol–water partition coefficient (Wildman–Crippen LogP) is 1.20. The number of carbonyl (C=O) groups is 2. The Hall–Kier alpha value is -2.61. The first kappa shape index (κ1) is 12.5. The minimum Gasteiger partial charge on any atom is -0.507 e. The zero-order valence-electron chi connectivity index (χ0n) is 9.01. The van der Waals surface area contributed by atoms with E-state index in [4.69, 9.17) is 5.26 Å². The summed E-state index contributed by atoms with van der Waals surface area (Å²) in [5, 5.41) is 18.1. The molecule has 0 aliphatic carbocycles. The standard InChI is InChI=1S/C12H9NO4/c1-17-12(16)11(15)6-10(14)9-4-2-8(7-13)3-5-9/h2-6,14H,1H3/b10-6+. The van der Waals surface area contributed by atoms with Crippen LogP contribution in [0.15, 0.2) is 30.3 Å². The Bertz CT molecular complexity index is 508. The molecule has 0 saturated heterocycles. The van der Waals surface area contributed by atoms with Crippen LogP contribution in [0.2, 0.25) is 0 Å². The summed E-state index contributed by atoms with van der Waals surface area (Å²) in [5.74, 6) is -2.36. The van der Waals surface area contributed by atoms with Gasteiger partial charge in [0.05, 0.1) is 18.7 Å². The number of hydrogen-bond acceptors (Lipinski definition) is 5. The molecule has 0 radical (unpaired) electrons. The van der Waals surface area contributed by atoms with E-state index < -0.39 is 11.8 Å². The fourth-order valence-electron chi connectivity index (χ4n) is 1.08. The predicted molar refractivity (Wildman–Crippen MR) is 58.8 cm³/mol. The summed E-state index contributed by atoms with van der Waals surface area (Å²) < 4.78 is 4.20. The van der Waals surface area contributed by atoms with Gasteiger partial charge in [0, 0.05) is 11.6 Å². The fourth-order valence-corrected chi connectivity index (χ4v) is 1.08. The largest absolute Gasteiger partial charge is 0.507 e. The van der Waals surface area contributed by atoms with Gasteiger partial charge in [-0.15, -0.1) is 0 Å². The van der Waals surface area contributed by atoms with Gasteiger partial charge >= 0.3 is 5.97 Å². The third-order valence-corrected chi connectivity index (χ3v) is 1.96. The first-order valence-electron chi connectivity index (χ1n) is 4.62. The van der Waals surface area contributed by atoms with Gasteiger partial charge in [-0.05, 0) is 24.3 Å². The molecule has 1 N–H and O–H groups in total. The van der Waals surface area contributed by atoms with Crippen LogP contribution in [-0.2, 0) is 14.3 Å². The van der Waals surface area contributed by atoms with E-state index in [9.17, 15) is 14.7 Å². The Kier molecular flexibility index (Phi) is 4.01. The van der Waals surface area contributed by atoms with E-state index in [2.05, 4.69) is 4.74 Å². The van der Waals surface area contributed by atoms with Crippen LogP contribution in [0.4, 0.5) is 0 Å². The lowest BCUT2D eigenvalue weighted by Gasteiger charge is -1.99. The Balaban J connectivity index is 2.92. The number of esters is 1. The van der Waals surface area contributed by atoms with Gasteiger partial charge in [0.1, 0.15) is 5.76 Å². The van der Waals surface area contributed by atoms with E-state index in [1.807, 2.05) is 6.07 Å². The number of rotatable bonds is 3. The van der Waals surface area contributed by atoms with Crippen LogP contribution in [0.3, 0.4) is 0 Å². The van der Waals surface area contributed by atoms with Gasteiger partial charge in [-0.2, -0.15) is 5.26 Å². The molecular weight excluding hydrogens is 222 g/mol. The zero-order valence-corrected chi connectivity index (χ0v) is 9.01. The number of ether oxygens (including phenoxy) is 1. The van der Waals surface area contributed by atoms with Crippen molar-refractivity contribution in [2.24, 2.45) is 0 Å². The van der Waals surface area contributed by atoms with Crippen molar-refractivity contribution in [1.82, 2.24) is 0 Å². The van der Waals surface area contributed by atoms with E-state index in [-0.39, 0.29) is 5.76 Å². The summed E-state index contributed by atoms with van der Waals surface area (Å²) in [4.78, 5) is 21.9. The van der Waals surface area contributed by atoms with Gasteiger partial charge in [0.25, 0.3) is 5.78 Å². The summed E-state index contributed by atoms with van der Waals surface area (Å²) in [7, 11) is 1.08. The Morgan fingerprint density at radius 3 is 2.41 bits per heavy atom. The molecule has 0 amide bonds. The molecule has 1 rings (SSSR count). The third kappa shape index (κ3) is 3.18. The number of nitrogens with zero attached hydrogens (tertiary/aromatic N) is 1. The van der Waals surface area contributed by atoms with Gasteiger partial charge in [0.2, 0.25) is 0 Å². The van der Waals surface area contributed by atoms with Crippen molar-refractivity contribution < 1.29 is 19.4 Å². The van der Waals surface area contributed by atoms with Gasteiger partial charge < -0.3 is 9.84 Å². The number of ketones is 1. The van der Waals surface area contributed by atoms with Crippen LogP contribution < -0.4 is 0 Å². The highest BCUT2D eigenvalue weighted by molar-refractivity contribution is 6.39. The minimum atomic E-state index is -1.05. The van der Waals surface area contributed by atoms with Gasteiger partial charge in [-0.3, -0.25) is 4.79 Å². The van der Waals surface area contributed by atoms with E-state index in [0.717, 1.165) is 13.2 Å². The van der Waals surface area contributed by atoms with Crippen LogP contribution in [-0.4, -0.2) is 24.0 Å². The second-order valence-electron chi connectivity index (χ2n) is 3.07. The van der Waals surface area contributed by atoms with Crippen molar-refractivity contribution in [2.75, 3.05) is 7.11 Å². The number of nitriles is 1. The van der Waals surface area contributed by atoms with Crippen molar-refractivity contribution in [3.05, 3.63) is 41.5 Å². The average Bonchev–Trinajstić information content (AvgIpc) is 2.37. The Labute approximate surface area is 97.6 Å². The SMILES string of the molecule is COC(=O)C(=O)/C=C(/O)c1ccc(C#N)cc1. The second kappa shape index (κ2) is 5.47. The Morgan fingerprint density at radius 2 is 1.94 bits per heavy atom. The van der Waals surface area contributed by atoms with Crippen molar-refractivity contribution in [1.29, 1.82) is 5.26 Å². The molecule has 0 heterocycles. The smallest absolute Gasteiger partial charge is 0.378 e. The van der Waals surface area contributed by atoms with E-state index in [0.29, 0.717) is 11.1 Å². The van der Waals surface area contributed by atoms with Crippen molar-refractivity contribution >= 4 is 17.5 Å². The molecule has 1 aromatic carbocycles. The second-order valence-corrected chi connectivity index (χ2v) is 3.07. The number of carbonyl (C=O) groups excluding carboxylic acids is 2. The molecule has 0 spiro atoms. The van der Waals surface area contributed by atoms with Crippen LogP contribution in [0.25, 0.3) is 5.76 Å². The first-order valence-corrected chi connectivity index (χ1v) is 4.62. The van der Waals surface area contributed by atoms with E-state index in [1.165, 1.54) is 24.3 Å². The van der Waals surface area contributed by atoms with E-state index in [1.54, 1.807) is 0 Å². The summed E-state index contributed by atoms with van der Waals surface area (Å²) >= 11 is 0. The minimum absolute atomic E-state index is 0.334. The molecule has 5 nitrogen and oxygen atoms in total. The summed E-state index contributed by atoms with van der Waals surface area (Å²) in [5.41, 5.74) is 0.766. The zero-order chi connectivity index (χ0) is 12.8. The Morgan fingerprint density at radius 1 is 1.35 bits per heavy atom. The highest BCUT2D eigenvalue weighted by Gasteiger charge is 2.12.